The van der Waals surface area contributed by atoms with Gasteiger partial charge in [-0.1, -0.05) is 18.2 Å². The summed E-state index contributed by atoms with van der Waals surface area (Å²) in [6.45, 7) is 2.03. The molecule has 2 rings (SSSR count). The van der Waals surface area contributed by atoms with Crippen molar-refractivity contribution in [1.29, 1.82) is 0 Å². The molecule has 1 N–H and O–H groups in total. The lowest BCUT2D eigenvalue weighted by atomic mass is 10.2. The van der Waals surface area contributed by atoms with Crippen LogP contribution >= 0.6 is 22.6 Å². The maximum atomic E-state index is 4.46. The number of halogens is 1. The molecule has 0 aliphatic heterocycles. The topological polar surface area (TPSA) is 29.9 Å². The highest BCUT2D eigenvalue weighted by Crippen LogP contribution is 2.23. The number of aromatic nitrogens is 2. The van der Waals surface area contributed by atoms with Crippen molar-refractivity contribution in [2.45, 2.75) is 13.0 Å². The number of nitrogens with one attached hydrogen (secondary N) is 1. The fourth-order valence-electron chi connectivity index (χ4n) is 1.80. The van der Waals surface area contributed by atoms with Crippen LogP contribution in [0.25, 0.3) is 11.4 Å². The third-order valence-corrected chi connectivity index (χ3v) is 3.60. The van der Waals surface area contributed by atoms with Crippen LogP contribution < -0.4 is 5.32 Å². The largest absolute Gasteiger partial charge is 0.331 e. The van der Waals surface area contributed by atoms with Gasteiger partial charge in [-0.3, -0.25) is 0 Å². The van der Waals surface area contributed by atoms with Crippen LogP contribution in [0.3, 0.4) is 0 Å². The van der Waals surface area contributed by atoms with E-state index in [1.807, 2.05) is 19.4 Å². The molecule has 1 aromatic carbocycles. The van der Waals surface area contributed by atoms with Gasteiger partial charge in [0.1, 0.15) is 5.82 Å². The van der Waals surface area contributed by atoms with Gasteiger partial charge in [0.25, 0.3) is 0 Å². The van der Waals surface area contributed by atoms with Gasteiger partial charge in [0.15, 0.2) is 0 Å². The van der Waals surface area contributed by atoms with Gasteiger partial charge in [0.05, 0.1) is 0 Å². The maximum Gasteiger partial charge on any atom is 0.140 e. The molecule has 4 heteroatoms. The molecule has 0 fully saturated rings. The van der Waals surface area contributed by atoms with Crippen molar-refractivity contribution in [3.05, 3.63) is 40.2 Å². The first-order chi connectivity index (χ1) is 8.33. The van der Waals surface area contributed by atoms with Crippen molar-refractivity contribution < 1.29 is 0 Å². The molecule has 0 radical (unpaired) electrons. The first-order valence-electron chi connectivity index (χ1n) is 5.73. The molecule has 0 saturated carbocycles. The number of rotatable bonds is 5. The Morgan fingerprint density at radius 1 is 1.35 bits per heavy atom. The lowest BCUT2D eigenvalue weighted by Crippen LogP contribution is -2.11. The molecule has 0 aliphatic carbocycles. The van der Waals surface area contributed by atoms with Gasteiger partial charge in [-0.2, -0.15) is 0 Å². The molecule has 0 atom stereocenters. The number of benzene rings is 1. The van der Waals surface area contributed by atoms with Crippen LogP contribution in [-0.2, 0) is 6.54 Å². The minimum Gasteiger partial charge on any atom is -0.331 e. The standard InChI is InChI=1S/C13H16IN3/c1-15-7-4-9-17-10-8-16-13(17)11-5-2-3-6-12(11)14/h2-3,5-6,8,10,15H,4,7,9H2,1H3. The van der Waals surface area contributed by atoms with E-state index >= 15 is 0 Å². The van der Waals surface area contributed by atoms with E-state index in [1.54, 1.807) is 0 Å². The van der Waals surface area contributed by atoms with Crippen molar-refractivity contribution in [1.82, 2.24) is 14.9 Å². The Hall–Kier alpha value is -0.880. The van der Waals surface area contributed by atoms with E-state index in [4.69, 9.17) is 0 Å². The second-order valence-corrected chi connectivity index (χ2v) is 5.04. The van der Waals surface area contributed by atoms with Crippen LogP contribution in [0.4, 0.5) is 0 Å². The van der Waals surface area contributed by atoms with Gasteiger partial charge in [-0.25, -0.2) is 4.98 Å². The number of hydrogen-bond donors (Lipinski definition) is 1. The van der Waals surface area contributed by atoms with Crippen LogP contribution in [0.1, 0.15) is 6.42 Å². The lowest BCUT2D eigenvalue weighted by molar-refractivity contribution is 0.617. The van der Waals surface area contributed by atoms with Gasteiger partial charge in [-0.05, 0) is 48.7 Å². The lowest BCUT2D eigenvalue weighted by Gasteiger charge is -2.09. The van der Waals surface area contributed by atoms with E-state index in [0.717, 1.165) is 25.3 Å². The average Bonchev–Trinajstić information content (AvgIpc) is 2.78. The van der Waals surface area contributed by atoms with Gasteiger partial charge < -0.3 is 9.88 Å². The Labute approximate surface area is 115 Å². The molecule has 2 aromatic rings. The van der Waals surface area contributed by atoms with Gasteiger partial charge >= 0.3 is 0 Å². The number of hydrogen-bond acceptors (Lipinski definition) is 2. The summed E-state index contributed by atoms with van der Waals surface area (Å²) in [6, 6.07) is 8.35. The van der Waals surface area contributed by atoms with Crippen molar-refractivity contribution in [3.63, 3.8) is 0 Å². The van der Waals surface area contributed by atoms with Crippen molar-refractivity contribution in [3.8, 4) is 11.4 Å². The van der Waals surface area contributed by atoms with Crippen LogP contribution in [0.5, 0.6) is 0 Å². The summed E-state index contributed by atoms with van der Waals surface area (Å²) < 4.78 is 3.46. The summed E-state index contributed by atoms with van der Waals surface area (Å²) in [4.78, 5) is 4.46. The second kappa shape index (κ2) is 6.16. The molecule has 17 heavy (non-hydrogen) atoms. The van der Waals surface area contributed by atoms with Crippen molar-refractivity contribution >= 4 is 22.6 Å². The predicted molar refractivity (Wildman–Crippen MR) is 78.9 cm³/mol. The zero-order valence-corrected chi connectivity index (χ0v) is 12.0. The maximum absolute atomic E-state index is 4.46. The third-order valence-electron chi connectivity index (χ3n) is 2.66. The highest BCUT2D eigenvalue weighted by atomic mass is 127. The molecule has 0 amide bonds. The molecule has 0 bridgehead atoms. The van der Waals surface area contributed by atoms with E-state index in [1.165, 1.54) is 9.13 Å². The highest BCUT2D eigenvalue weighted by molar-refractivity contribution is 14.1. The van der Waals surface area contributed by atoms with Crippen molar-refractivity contribution in [2.24, 2.45) is 0 Å². The minimum absolute atomic E-state index is 1.00. The SMILES string of the molecule is CNCCCn1ccnc1-c1ccccc1I. The molecule has 3 nitrogen and oxygen atoms in total. The summed E-state index contributed by atoms with van der Waals surface area (Å²) >= 11 is 2.36. The summed E-state index contributed by atoms with van der Waals surface area (Å²) in [7, 11) is 1.98. The summed E-state index contributed by atoms with van der Waals surface area (Å²) in [6.07, 6.45) is 5.04. The minimum atomic E-state index is 1.00. The van der Waals surface area contributed by atoms with Crippen LogP contribution in [0.15, 0.2) is 36.7 Å². The number of nitrogens with zero attached hydrogens (tertiary/aromatic N) is 2. The second-order valence-electron chi connectivity index (χ2n) is 3.88. The summed E-state index contributed by atoms with van der Waals surface area (Å²) in [5, 5.41) is 3.17. The predicted octanol–water partition coefficient (Wildman–Crippen LogP) is 2.76. The smallest absolute Gasteiger partial charge is 0.140 e. The van der Waals surface area contributed by atoms with Crippen LogP contribution in [-0.4, -0.2) is 23.1 Å². The Balaban J connectivity index is 2.22. The molecular weight excluding hydrogens is 325 g/mol. The summed E-state index contributed by atoms with van der Waals surface area (Å²) in [5.74, 6) is 1.06. The summed E-state index contributed by atoms with van der Waals surface area (Å²) in [5.41, 5.74) is 1.21. The Morgan fingerprint density at radius 3 is 2.94 bits per heavy atom. The third kappa shape index (κ3) is 3.07. The average molecular weight is 341 g/mol. The normalized spacial score (nSPS) is 10.7. The van der Waals surface area contributed by atoms with Gasteiger partial charge in [0.2, 0.25) is 0 Å². The van der Waals surface area contributed by atoms with Crippen molar-refractivity contribution in [2.75, 3.05) is 13.6 Å². The molecular formula is C13H16IN3. The van der Waals surface area contributed by atoms with Crippen LogP contribution in [0.2, 0.25) is 0 Å². The Bertz CT molecular complexity index is 479. The monoisotopic (exact) mass is 341 g/mol. The molecule has 1 aromatic heterocycles. The first-order valence-corrected chi connectivity index (χ1v) is 6.81. The fraction of sp³-hybridized carbons (Fsp3) is 0.308. The van der Waals surface area contributed by atoms with E-state index in [0.29, 0.717) is 0 Å². The molecule has 0 spiro atoms. The number of imidazole rings is 1. The molecule has 0 aliphatic rings. The van der Waals surface area contributed by atoms with E-state index in [9.17, 15) is 0 Å². The molecule has 0 unspecified atom stereocenters. The fourth-order valence-corrected chi connectivity index (χ4v) is 2.43. The van der Waals surface area contributed by atoms with E-state index < -0.39 is 0 Å². The Morgan fingerprint density at radius 2 is 2.18 bits per heavy atom. The molecule has 1 heterocycles. The Kier molecular flexibility index (Phi) is 4.56. The zero-order chi connectivity index (χ0) is 12.1. The number of aryl methyl sites for hydroxylation is 1. The van der Waals surface area contributed by atoms with E-state index in [-0.39, 0.29) is 0 Å². The first kappa shape index (κ1) is 12.6. The van der Waals surface area contributed by atoms with E-state index in [2.05, 4.69) is 61.7 Å². The quantitative estimate of drug-likeness (QED) is 0.670. The zero-order valence-electron chi connectivity index (χ0n) is 9.86. The molecule has 90 valence electrons. The van der Waals surface area contributed by atoms with Gasteiger partial charge in [-0.15, -0.1) is 0 Å². The highest BCUT2D eigenvalue weighted by Gasteiger charge is 2.08. The molecule has 0 saturated heterocycles. The van der Waals surface area contributed by atoms with Gasteiger partial charge in [0, 0.05) is 28.1 Å². The van der Waals surface area contributed by atoms with Crippen LogP contribution in [0, 0.1) is 3.57 Å².